The van der Waals surface area contributed by atoms with Crippen molar-refractivity contribution in [2.24, 2.45) is 0 Å². The minimum atomic E-state index is -4.33. The second kappa shape index (κ2) is 6.16. The number of rotatable bonds is 4. The van der Waals surface area contributed by atoms with Gasteiger partial charge in [0.2, 0.25) is 0 Å². The standard InChI is InChI=1S/C14H13ClF3NS/c1-9(12-6-7-13(15)20-12)19-8-10-4-2-3-5-11(10)14(16,17)18/h2-7,9,19H,8H2,1H3. The van der Waals surface area contributed by atoms with Gasteiger partial charge in [-0.2, -0.15) is 13.2 Å². The van der Waals surface area contributed by atoms with E-state index < -0.39 is 11.7 Å². The lowest BCUT2D eigenvalue weighted by molar-refractivity contribution is -0.138. The van der Waals surface area contributed by atoms with E-state index in [1.165, 1.54) is 23.5 Å². The third-order valence-corrected chi connectivity index (χ3v) is 4.36. The maximum absolute atomic E-state index is 12.9. The molecule has 0 bridgehead atoms. The minimum Gasteiger partial charge on any atom is -0.305 e. The lowest BCUT2D eigenvalue weighted by Crippen LogP contribution is -2.20. The molecule has 1 nitrogen and oxygen atoms in total. The van der Waals surface area contributed by atoms with Crippen LogP contribution in [0.15, 0.2) is 36.4 Å². The third-order valence-electron chi connectivity index (χ3n) is 2.94. The molecule has 1 aromatic carbocycles. The molecule has 0 fully saturated rings. The Balaban J connectivity index is 2.08. The van der Waals surface area contributed by atoms with E-state index in [4.69, 9.17) is 11.6 Å². The van der Waals surface area contributed by atoms with Gasteiger partial charge in [-0.05, 0) is 30.7 Å². The Kier molecular flexibility index (Phi) is 4.73. The van der Waals surface area contributed by atoms with E-state index >= 15 is 0 Å². The molecule has 0 spiro atoms. The van der Waals surface area contributed by atoms with Crippen LogP contribution in [0.3, 0.4) is 0 Å². The van der Waals surface area contributed by atoms with Crippen LogP contribution >= 0.6 is 22.9 Å². The van der Waals surface area contributed by atoms with E-state index in [0.717, 1.165) is 10.9 Å². The molecule has 0 radical (unpaired) electrons. The fourth-order valence-electron chi connectivity index (χ4n) is 1.88. The van der Waals surface area contributed by atoms with E-state index in [9.17, 15) is 13.2 Å². The Bertz CT molecular complexity index is 580. The third kappa shape index (κ3) is 3.75. The van der Waals surface area contributed by atoms with Gasteiger partial charge in [-0.1, -0.05) is 29.8 Å². The summed E-state index contributed by atoms with van der Waals surface area (Å²) in [6.45, 7) is 2.06. The molecule has 0 amide bonds. The second-order valence-corrected chi connectivity index (χ2v) is 6.15. The molecule has 1 atom stereocenters. The Morgan fingerprint density at radius 3 is 2.50 bits per heavy atom. The first-order valence-corrected chi connectivity index (χ1v) is 7.21. The Labute approximate surface area is 124 Å². The van der Waals surface area contributed by atoms with Gasteiger partial charge in [-0.15, -0.1) is 11.3 Å². The molecule has 20 heavy (non-hydrogen) atoms. The molecule has 2 aromatic rings. The van der Waals surface area contributed by atoms with Crippen molar-refractivity contribution in [3.05, 3.63) is 56.7 Å². The van der Waals surface area contributed by atoms with Crippen LogP contribution in [0.25, 0.3) is 0 Å². The summed E-state index contributed by atoms with van der Waals surface area (Å²) < 4.78 is 39.2. The van der Waals surface area contributed by atoms with Gasteiger partial charge in [0.25, 0.3) is 0 Å². The van der Waals surface area contributed by atoms with Crippen LogP contribution in [0.1, 0.15) is 29.0 Å². The summed E-state index contributed by atoms with van der Waals surface area (Å²) in [4.78, 5) is 1.000. The molecular weight excluding hydrogens is 307 g/mol. The average molecular weight is 320 g/mol. The van der Waals surface area contributed by atoms with E-state index in [1.54, 1.807) is 12.1 Å². The Morgan fingerprint density at radius 1 is 1.20 bits per heavy atom. The highest BCUT2D eigenvalue weighted by atomic mass is 35.5. The predicted octanol–water partition coefficient (Wildman–Crippen LogP) is 5.27. The molecule has 6 heteroatoms. The number of nitrogens with one attached hydrogen (secondary N) is 1. The average Bonchev–Trinajstić information content (AvgIpc) is 2.82. The summed E-state index contributed by atoms with van der Waals surface area (Å²) in [6, 6.07) is 9.21. The van der Waals surface area contributed by atoms with E-state index in [1.807, 2.05) is 13.0 Å². The normalized spacial score (nSPS) is 13.4. The predicted molar refractivity (Wildman–Crippen MR) is 76.0 cm³/mol. The van der Waals surface area contributed by atoms with Crippen molar-refractivity contribution < 1.29 is 13.2 Å². The fourth-order valence-corrected chi connectivity index (χ4v) is 2.96. The lowest BCUT2D eigenvalue weighted by atomic mass is 10.1. The summed E-state index contributed by atoms with van der Waals surface area (Å²) in [6.07, 6.45) is -4.33. The van der Waals surface area contributed by atoms with E-state index in [2.05, 4.69) is 5.32 Å². The van der Waals surface area contributed by atoms with Crippen molar-refractivity contribution in [1.29, 1.82) is 0 Å². The molecule has 0 aliphatic carbocycles. The zero-order valence-corrected chi connectivity index (χ0v) is 12.2. The molecule has 108 valence electrons. The van der Waals surface area contributed by atoms with Crippen LogP contribution in [-0.2, 0) is 12.7 Å². The number of hydrogen-bond acceptors (Lipinski definition) is 2. The van der Waals surface area contributed by atoms with Gasteiger partial charge in [-0.25, -0.2) is 0 Å². The molecule has 0 aliphatic rings. The highest BCUT2D eigenvalue weighted by Crippen LogP contribution is 2.32. The van der Waals surface area contributed by atoms with Gasteiger partial charge >= 0.3 is 6.18 Å². The van der Waals surface area contributed by atoms with Gasteiger partial charge in [0.05, 0.1) is 9.90 Å². The van der Waals surface area contributed by atoms with E-state index in [-0.39, 0.29) is 18.2 Å². The first kappa shape index (κ1) is 15.4. The highest BCUT2D eigenvalue weighted by Gasteiger charge is 2.32. The molecule has 0 saturated carbocycles. The Hall–Kier alpha value is -1.04. The van der Waals surface area contributed by atoms with Crippen molar-refractivity contribution in [3.63, 3.8) is 0 Å². The quantitative estimate of drug-likeness (QED) is 0.809. The van der Waals surface area contributed by atoms with Gasteiger partial charge in [0, 0.05) is 17.5 Å². The van der Waals surface area contributed by atoms with Crippen molar-refractivity contribution in [1.82, 2.24) is 5.32 Å². The summed E-state index contributed by atoms with van der Waals surface area (Å²) in [5.74, 6) is 0. The zero-order chi connectivity index (χ0) is 14.8. The lowest BCUT2D eigenvalue weighted by Gasteiger charge is -2.16. The number of halogens is 4. The van der Waals surface area contributed by atoms with Crippen molar-refractivity contribution in [2.45, 2.75) is 25.7 Å². The smallest absolute Gasteiger partial charge is 0.305 e. The van der Waals surface area contributed by atoms with Crippen LogP contribution in [0.4, 0.5) is 13.2 Å². The zero-order valence-electron chi connectivity index (χ0n) is 10.7. The fraction of sp³-hybridized carbons (Fsp3) is 0.286. The molecule has 1 heterocycles. The van der Waals surface area contributed by atoms with Gasteiger partial charge < -0.3 is 5.32 Å². The van der Waals surface area contributed by atoms with Crippen LogP contribution in [0, 0.1) is 0 Å². The van der Waals surface area contributed by atoms with E-state index in [0.29, 0.717) is 4.34 Å². The van der Waals surface area contributed by atoms with Crippen molar-refractivity contribution in [2.75, 3.05) is 0 Å². The molecule has 1 aromatic heterocycles. The summed E-state index contributed by atoms with van der Waals surface area (Å²) in [7, 11) is 0. The summed E-state index contributed by atoms with van der Waals surface area (Å²) in [5, 5.41) is 3.09. The number of alkyl halides is 3. The molecule has 2 rings (SSSR count). The molecule has 1 unspecified atom stereocenters. The summed E-state index contributed by atoms with van der Waals surface area (Å²) >= 11 is 7.27. The topological polar surface area (TPSA) is 12.0 Å². The maximum Gasteiger partial charge on any atom is 0.416 e. The van der Waals surface area contributed by atoms with Crippen LogP contribution < -0.4 is 5.32 Å². The van der Waals surface area contributed by atoms with Crippen LogP contribution in [0.5, 0.6) is 0 Å². The monoisotopic (exact) mass is 319 g/mol. The minimum absolute atomic E-state index is 0.0474. The largest absolute Gasteiger partial charge is 0.416 e. The van der Waals surface area contributed by atoms with Gasteiger partial charge in [-0.3, -0.25) is 0 Å². The maximum atomic E-state index is 12.9. The van der Waals surface area contributed by atoms with Crippen LogP contribution in [0.2, 0.25) is 4.34 Å². The number of benzene rings is 1. The van der Waals surface area contributed by atoms with Crippen LogP contribution in [-0.4, -0.2) is 0 Å². The second-order valence-electron chi connectivity index (χ2n) is 4.40. The SMILES string of the molecule is CC(NCc1ccccc1C(F)(F)F)c1ccc(Cl)s1. The van der Waals surface area contributed by atoms with Crippen molar-refractivity contribution >= 4 is 22.9 Å². The summed E-state index contributed by atoms with van der Waals surface area (Å²) in [5.41, 5.74) is -0.349. The molecular formula is C14H13ClF3NS. The number of thiophene rings is 1. The molecule has 1 N–H and O–H groups in total. The Morgan fingerprint density at radius 2 is 1.90 bits per heavy atom. The molecule has 0 aliphatic heterocycles. The highest BCUT2D eigenvalue weighted by molar-refractivity contribution is 7.16. The number of hydrogen-bond donors (Lipinski definition) is 1. The van der Waals surface area contributed by atoms with Gasteiger partial charge in [0.1, 0.15) is 0 Å². The van der Waals surface area contributed by atoms with Crippen molar-refractivity contribution in [3.8, 4) is 0 Å². The first-order chi connectivity index (χ1) is 9.38. The molecule has 0 saturated heterocycles. The first-order valence-electron chi connectivity index (χ1n) is 6.01. The van der Waals surface area contributed by atoms with Gasteiger partial charge in [0.15, 0.2) is 0 Å².